The summed E-state index contributed by atoms with van der Waals surface area (Å²) in [6.45, 7) is 0.578. The lowest BCUT2D eigenvalue weighted by molar-refractivity contribution is -0.386. The van der Waals surface area contributed by atoms with Crippen molar-refractivity contribution in [3.63, 3.8) is 0 Å². The van der Waals surface area contributed by atoms with Gasteiger partial charge in [0, 0.05) is 30.7 Å². The molecular weight excluding hydrogens is 297 g/mol. The molecule has 114 valence electrons. The van der Waals surface area contributed by atoms with Gasteiger partial charge in [-0.2, -0.15) is 11.8 Å². The predicted molar refractivity (Wildman–Crippen MR) is 77.3 cm³/mol. The third-order valence-electron chi connectivity index (χ3n) is 3.93. The van der Waals surface area contributed by atoms with E-state index in [1.165, 1.54) is 0 Å². The standard InChI is InChI=1S/C14H16FNO4S/c15-10-1-2-12(16(17)18)13(7-10)20-11-3-5-19-14(8-11)4-6-21-9-14/h1-2,7,11H,3-6,8-9H2. The maximum Gasteiger partial charge on any atom is 0.311 e. The van der Waals surface area contributed by atoms with Gasteiger partial charge in [0.2, 0.25) is 0 Å². The predicted octanol–water partition coefficient (Wildman–Crippen LogP) is 3.17. The topological polar surface area (TPSA) is 61.6 Å². The molecule has 5 nitrogen and oxygen atoms in total. The molecule has 1 aromatic rings. The Balaban J connectivity index is 1.77. The Morgan fingerprint density at radius 2 is 2.38 bits per heavy atom. The van der Waals surface area contributed by atoms with E-state index < -0.39 is 10.7 Å². The summed E-state index contributed by atoms with van der Waals surface area (Å²) in [6.07, 6.45) is 2.18. The average Bonchev–Trinajstić information content (AvgIpc) is 2.86. The van der Waals surface area contributed by atoms with Crippen LogP contribution in [0.4, 0.5) is 10.1 Å². The van der Waals surface area contributed by atoms with Crippen LogP contribution in [0.2, 0.25) is 0 Å². The van der Waals surface area contributed by atoms with Gasteiger partial charge in [0.05, 0.1) is 17.1 Å². The molecule has 1 spiro atoms. The van der Waals surface area contributed by atoms with E-state index in [4.69, 9.17) is 9.47 Å². The molecule has 21 heavy (non-hydrogen) atoms. The molecule has 2 aliphatic rings. The van der Waals surface area contributed by atoms with E-state index in [-0.39, 0.29) is 23.1 Å². The van der Waals surface area contributed by atoms with Crippen molar-refractivity contribution >= 4 is 17.4 Å². The summed E-state index contributed by atoms with van der Waals surface area (Å²) in [5.41, 5.74) is -0.367. The largest absolute Gasteiger partial charge is 0.483 e. The van der Waals surface area contributed by atoms with Crippen LogP contribution in [0.15, 0.2) is 18.2 Å². The molecule has 0 saturated carbocycles. The van der Waals surface area contributed by atoms with Crippen LogP contribution in [0.3, 0.4) is 0 Å². The van der Waals surface area contributed by atoms with Gasteiger partial charge in [-0.15, -0.1) is 0 Å². The number of thioether (sulfide) groups is 1. The summed E-state index contributed by atoms with van der Waals surface area (Å²) in [5, 5.41) is 11.0. The fourth-order valence-corrected chi connectivity index (χ4v) is 4.24. The lowest BCUT2D eigenvalue weighted by atomic mass is 9.91. The molecule has 2 unspecified atom stereocenters. The van der Waals surface area contributed by atoms with Crippen LogP contribution in [0, 0.1) is 15.9 Å². The molecule has 2 fully saturated rings. The normalized spacial score (nSPS) is 28.7. The molecular formula is C14H16FNO4S. The monoisotopic (exact) mass is 313 g/mol. The van der Waals surface area contributed by atoms with Crippen molar-refractivity contribution < 1.29 is 18.8 Å². The van der Waals surface area contributed by atoms with E-state index in [9.17, 15) is 14.5 Å². The maximum atomic E-state index is 13.3. The fraction of sp³-hybridized carbons (Fsp3) is 0.571. The maximum absolute atomic E-state index is 13.3. The summed E-state index contributed by atoms with van der Waals surface area (Å²) < 4.78 is 25.0. The van der Waals surface area contributed by atoms with Gasteiger partial charge in [0.15, 0.2) is 5.75 Å². The molecule has 0 bridgehead atoms. The number of ether oxygens (including phenoxy) is 2. The van der Waals surface area contributed by atoms with Crippen LogP contribution in [0.5, 0.6) is 5.75 Å². The van der Waals surface area contributed by atoms with Gasteiger partial charge >= 0.3 is 5.69 Å². The third-order valence-corrected chi connectivity index (χ3v) is 5.15. The Morgan fingerprint density at radius 3 is 3.10 bits per heavy atom. The molecule has 1 aromatic carbocycles. The zero-order valence-corrected chi connectivity index (χ0v) is 12.2. The van der Waals surface area contributed by atoms with Crippen molar-refractivity contribution in [1.82, 2.24) is 0 Å². The van der Waals surface area contributed by atoms with E-state index in [0.717, 1.165) is 36.1 Å². The van der Waals surface area contributed by atoms with Gasteiger partial charge in [-0.25, -0.2) is 4.39 Å². The first kappa shape index (κ1) is 14.6. The number of halogens is 1. The lowest BCUT2D eigenvalue weighted by Crippen LogP contribution is -2.43. The summed E-state index contributed by atoms with van der Waals surface area (Å²) >= 11 is 1.85. The molecule has 0 aliphatic carbocycles. The number of rotatable bonds is 3. The van der Waals surface area contributed by atoms with Gasteiger partial charge < -0.3 is 9.47 Å². The summed E-state index contributed by atoms with van der Waals surface area (Å²) in [5.74, 6) is 1.46. The Morgan fingerprint density at radius 1 is 1.52 bits per heavy atom. The van der Waals surface area contributed by atoms with Crippen molar-refractivity contribution in [1.29, 1.82) is 0 Å². The minimum absolute atomic E-state index is 0.00713. The van der Waals surface area contributed by atoms with Crippen molar-refractivity contribution in [2.75, 3.05) is 18.1 Å². The van der Waals surface area contributed by atoms with E-state index in [1.54, 1.807) is 0 Å². The van der Waals surface area contributed by atoms with E-state index in [1.807, 2.05) is 11.8 Å². The number of nitro groups is 1. The Kier molecular flexibility index (Phi) is 4.03. The Bertz CT molecular complexity index is 548. The van der Waals surface area contributed by atoms with Crippen molar-refractivity contribution in [3.8, 4) is 5.75 Å². The number of nitrogens with zero attached hydrogens (tertiary/aromatic N) is 1. The summed E-state index contributed by atoms with van der Waals surface area (Å²) in [7, 11) is 0. The van der Waals surface area contributed by atoms with Crippen molar-refractivity contribution in [3.05, 3.63) is 34.1 Å². The average molecular weight is 313 g/mol. The second-order valence-corrected chi connectivity index (χ2v) is 6.54. The molecule has 0 radical (unpaired) electrons. The fourth-order valence-electron chi connectivity index (χ4n) is 2.86. The highest BCUT2D eigenvalue weighted by atomic mass is 32.2. The van der Waals surface area contributed by atoms with E-state index in [2.05, 4.69) is 0 Å². The Hall–Kier alpha value is -1.34. The SMILES string of the molecule is O=[N+]([O-])c1ccc(F)cc1OC1CCOC2(CCSC2)C1. The first-order valence-corrected chi connectivity index (χ1v) is 8.06. The number of hydrogen-bond acceptors (Lipinski definition) is 5. The highest BCUT2D eigenvalue weighted by Crippen LogP contribution is 2.40. The minimum atomic E-state index is -0.546. The molecule has 2 atom stereocenters. The van der Waals surface area contributed by atoms with Crippen molar-refractivity contribution in [2.45, 2.75) is 31.0 Å². The Labute approximate surface area is 126 Å². The number of benzene rings is 1. The first-order valence-electron chi connectivity index (χ1n) is 6.90. The second-order valence-electron chi connectivity index (χ2n) is 5.44. The smallest absolute Gasteiger partial charge is 0.311 e. The van der Waals surface area contributed by atoms with Crippen LogP contribution in [-0.2, 0) is 4.74 Å². The van der Waals surface area contributed by atoms with Crippen LogP contribution in [0.25, 0.3) is 0 Å². The van der Waals surface area contributed by atoms with Crippen LogP contribution < -0.4 is 4.74 Å². The third kappa shape index (κ3) is 3.13. The summed E-state index contributed by atoms with van der Waals surface area (Å²) in [6, 6.07) is 3.30. The van der Waals surface area contributed by atoms with Gasteiger partial charge in [-0.3, -0.25) is 10.1 Å². The van der Waals surface area contributed by atoms with Gasteiger partial charge in [0.25, 0.3) is 0 Å². The quantitative estimate of drug-likeness (QED) is 0.633. The van der Waals surface area contributed by atoms with E-state index >= 15 is 0 Å². The zero-order valence-electron chi connectivity index (χ0n) is 11.4. The van der Waals surface area contributed by atoms with Crippen LogP contribution >= 0.6 is 11.8 Å². The molecule has 2 heterocycles. The number of nitro benzene ring substituents is 1. The van der Waals surface area contributed by atoms with Crippen LogP contribution in [-0.4, -0.2) is 34.7 Å². The van der Waals surface area contributed by atoms with Gasteiger partial charge in [-0.05, 0) is 18.2 Å². The summed E-state index contributed by atoms with van der Waals surface area (Å²) in [4.78, 5) is 10.5. The number of hydrogen-bond donors (Lipinski definition) is 0. The highest BCUT2D eigenvalue weighted by molar-refractivity contribution is 7.99. The second kappa shape index (κ2) is 5.81. The molecule has 0 N–H and O–H groups in total. The molecule has 2 saturated heterocycles. The highest BCUT2D eigenvalue weighted by Gasteiger charge is 2.41. The lowest BCUT2D eigenvalue weighted by Gasteiger charge is -2.37. The molecule has 2 aliphatic heterocycles. The molecule has 0 amide bonds. The zero-order chi connectivity index (χ0) is 14.9. The minimum Gasteiger partial charge on any atom is -0.483 e. The molecule has 0 aromatic heterocycles. The van der Waals surface area contributed by atoms with Gasteiger partial charge in [-0.1, -0.05) is 0 Å². The van der Waals surface area contributed by atoms with Gasteiger partial charge in [0.1, 0.15) is 11.9 Å². The van der Waals surface area contributed by atoms with Crippen LogP contribution in [0.1, 0.15) is 19.3 Å². The molecule has 3 rings (SSSR count). The van der Waals surface area contributed by atoms with Crippen molar-refractivity contribution in [2.24, 2.45) is 0 Å². The first-order chi connectivity index (χ1) is 10.1. The van der Waals surface area contributed by atoms with E-state index in [0.29, 0.717) is 19.4 Å². The molecule has 7 heteroatoms.